The van der Waals surface area contributed by atoms with Gasteiger partial charge in [-0.3, -0.25) is 9.59 Å². The molecule has 0 aliphatic heterocycles. The third-order valence-corrected chi connectivity index (χ3v) is 6.44. The van der Waals surface area contributed by atoms with Gasteiger partial charge in [-0.2, -0.15) is 5.26 Å². The Labute approximate surface area is 183 Å². The van der Waals surface area contributed by atoms with E-state index in [1.54, 1.807) is 24.3 Å². The van der Waals surface area contributed by atoms with Crippen LogP contribution >= 0.6 is 11.3 Å². The van der Waals surface area contributed by atoms with Crippen LogP contribution < -0.4 is 10.7 Å². The van der Waals surface area contributed by atoms with E-state index in [4.69, 9.17) is 4.42 Å². The molecule has 31 heavy (non-hydrogen) atoms. The number of amides is 1. The summed E-state index contributed by atoms with van der Waals surface area (Å²) in [4.78, 5) is 26.3. The first-order valence-electron chi connectivity index (χ1n) is 9.75. The summed E-state index contributed by atoms with van der Waals surface area (Å²) in [6.45, 7) is 7.65. The second kappa shape index (κ2) is 7.86. The lowest BCUT2D eigenvalue weighted by atomic mass is 10.1. The number of thiophene rings is 1. The van der Waals surface area contributed by atoms with Crippen molar-refractivity contribution < 1.29 is 9.21 Å². The maximum absolute atomic E-state index is 12.7. The first-order chi connectivity index (χ1) is 14.8. The molecule has 4 aromatic rings. The minimum atomic E-state index is -0.296. The average Bonchev–Trinajstić information content (AvgIpc) is 3.01. The van der Waals surface area contributed by atoms with Crippen LogP contribution in [-0.4, -0.2) is 5.91 Å². The van der Waals surface area contributed by atoms with Crippen LogP contribution in [0.1, 0.15) is 37.5 Å². The van der Waals surface area contributed by atoms with Gasteiger partial charge in [0.15, 0.2) is 5.43 Å². The Morgan fingerprint density at radius 3 is 2.45 bits per heavy atom. The van der Waals surface area contributed by atoms with E-state index in [-0.39, 0.29) is 11.3 Å². The number of fused-ring (bicyclic) bond motifs is 1. The Morgan fingerprint density at radius 1 is 1.06 bits per heavy atom. The van der Waals surface area contributed by atoms with Gasteiger partial charge >= 0.3 is 0 Å². The molecule has 1 amide bonds. The van der Waals surface area contributed by atoms with Crippen molar-refractivity contribution in [3.8, 4) is 17.4 Å². The van der Waals surface area contributed by atoms with Gasteiger partial charge in [0.25, 0.3) is 5.91 Å². The van der Waals surface area contributed by atoms with Crippen LogP contribution in [0.5, 0.6) is 0 Å². The minimum absolute atomic E-state index is 0.0997. The fraction of sp³-hybridized carbons (Fsp3) is 0.160. The number of carbonyl (C=O) groups excluding carboxylic acids is 1. The molecule has 0 saturated carbocycles. The number of nitrogens with one attached hydrogen (secondary N) is 1. The maximum Gasteiger partial charge on any atom is 0.256 e. The summed E-state index contributed by atoms with van der Waals surface area (Å²) in [5.41, 5.74) is 4.92. The van der Waals surface area contributed by atoms with E-state index in [9.17, 15) is 14.9 Å². The van der Waals surface area contributed by atoms with Crippen LogP contribution in [0.15, 0.2) is 51.7 Å². The average molecular weight is 429 g/mol. The Kier molecular flexibility index (Phi) is 5.22. The molecule has 0 fully saturated rings. The van der Waals surface area contributed by atoms with E-state index in [1.807, 2.05) is 39.8 Å². The lowest BCUT2D eigenvalue weighted by molar-refractivity contribution is 0.102. The Balaban J connectivity index is 1.64. The van der Waals surface area contributed by atoms with Crippen molar-refractivity contribution in [2.24, 2.45) is 0 Å². The Hall–Kier alpha value is -3.69. The molecule has 0 saturated heterocycles. The van der Waals surface area contributed by atoms with Gasteiger partial charge in [0, 0.05) is 22.1 Å². The molecule has 0 unspecified atom stereocenters. The molecule has 154 valence electrons. The number of hydrogen-bond acceptors (Lipinski definition) is 5. The van der Waals surface area contributed by atoms with Crippen molar-refractivity contribution in [2.45, 2.75) is 27.7 Å². The van der Waals surface area contributed by atoms with Crippen molar-refractivity contribution in [3.05, 3.63) is 85.4 Å². The molecule has 5 nitrogen and oxygen atoms in total. The van der Waals surface area contributed by atoms with E-state index in [0.717, 1.165) is 21.6 Å². The zero-order chi connectivity index (χ0) is 22.3. The zero-order valence-electron chi connectivity index (χ0n) is 17.6. The molecule has 0 bridgehead atoms. The molecule has 1 N–H and O–H groups in total. The van der Waals surface area contributed by atoms with E-state index in [2.05, 4.69) is 11.4 Å². The minimum Gasteiger partial charge on any atom is -0.456 e. The maximum atomic E-state index is 12.7. The van der Waals surface area contributed by atoms with Gasteiger partial charge in [0.05, 0.1) is 10.9 Å². The van der Waals surface area contributed by atoms with Crippen LogP contribution in [0, 0.1) is 39.0 Å². The molecule has 6 heteroatoms. The van der Waals surface area contributed by atoms with E-state index in [0.29, 0.717) is 38.4 Å². The molecule has 0 atom stereocenters. The van der Waals surface area contributed by atoms with Gasteiger partial charge in [-0.15, -0.1) is 11.3 Å². The summed E-state index contributed by atoms with van der Waals surface area (Å²) >= 11 is 1.39. The van der Waals surface area contributed by atoms with Crippen molar-refractivity contribution in [1.82, 2.24) is 0 Å². The predicted octanol–water partition coefficient (Wildman–Crippen LogP) is 5.88. The zero-order valence-corrected chi connectivity index (χ0v) is 18.4. The molecular formula is C25H20N2O3S. The fourth-order valence-electron chi connectivity index (χ4n) is 3.56. The second-order valence-corrected chi connectivity index (χ2v) is 8.79. The summed E-state index contributed by atoms with van der Waals surface area (Å²) in [5.74, 6) is 0.156. The highest BCUT2D eigenvalue weighted by Crippen LogP contribution is 2.32. The highest BCUT2D eigenvalue weighted by Gasteiger charge is 2.16. The number of aryl methyl sites for hydroxylation is 3. The van der Waals surface area contributed by atoms with Gasteiger partial charge in [0.1, 0.15) is 22.4 Å². The summed E-state index contributed by atoms with van der Waals surface area (Å²) in [6, 6.07) is 14.3. The Morgan fingerprint density at radius 2 is 1.77 bits per heavy atom. The van der Waals surface area contributed by atoms with Crippen molar-refractivity contribution in [1.29, 1.82) is 5.26 Å². The summed E-state index contributed by atoms with van der Waals surface area (Å²) in [5, 5.41) is 13.3. The molecule has 2 aromatic heterocycles. The standard InChI is InChI=1S/C25H20N2O3S/c1-13-9-14(2)23-19(10-13)21(28)11-22(30-23)17-5-7-18(8-6-17)24(29)27-25-20(12-26)15(3)16(4)31-25/h5-11H,1-4H3,(H,27,29). The number of benzene rings is 2. The lowest BCUT2D eigenvalue weighted by Crippen LogP contribution is -2.11. The summed E-state index contributed by atoms with van der Waals surface area (Å²) < 4.78 is 6.02. The third kappa shape index (κ3) is 3.76. The normalized spacial score (nSPS) is 10.8. The molecule has 2 aromatic carbocycles. The molecule has 0 radical (unpaired) electrons. The molecule has 0 aliphatic rings. The number of nitriles is 1. The van der Waals surface area contributed by atoms with Crippen LogP contribution in [0.2, 0.25) is 0 Å². The topological polar surface area (TPSA) is 83.1 Å². The molecule has 4 rings (SSSR count). The first-order valence-corrected chi connectivity index (χ1v) is 10.6. The molecule has 0 aliphatic carbocycles. The van der Waals surface area contributed by atoms with Gasteiger partial charge < -0.3 is 9.73 Å². The van der Waals surface area contributed by atoms with E-state index < -0.39 is 0 Å². The van der Waals surface area contributed by atoms with E-state index in [1.165, 1.54) is 17.4 Å². The van der Waals surface area contributed by atoms with Gasteiger partial charge in [-0.1, -0.05) is 18.2 Å². The molecule has 0 spiro atoms. The SMILES string of the molecule is Cc1cc(C)c2oc(-c3ccc(C(=O)Nc4sc(C)c(C)c4C#N)cc3)cc(=O)c2c1. The smallest absolute Gasteiger partial charge is 0.256 e. The number of carbonyl (C=O) groups is 1. The highest BCUT2D eigenvalue weighted by molar-refractivity contribution is 7.16. The summed E-state index contributed by atoms with van der Waals surface area (Å²) in [6.07, 6.45) is 0. The summed E-state index contributed by atoms with van der Waals surface area (Å²) in [7, 11) is 0. The quantitative estimate of drug-likeness (QED) is 0.442. The number of nitrogens with zero attached hydrogens (tertiary/aromatic N) is 1. The van der Waals surface area contributed by atoms with Crippen LogP contribution in [0.3, 0.4) is 0 Å². The molecule has 2 heterocycles. The van der Waals surface area contributed by atoms with E-state index >= 15 is 0 Å². The largest absolute Gasteiger partial charge is 0.456 e. The Bertz CT molecular complexity index is 1440. The van der Waals surface area contributed by atoms with Gasteiger partial charge in [-0.25, -0.2) is 0 Å². The number of anilines is 1. The lowest BCUT2D eigenvalue weighted by Gasteiger charge is -2.08. The van der Waals surface area contributed by atoms with Crippen LogP contribution in [-0.2, 0) is 0 Å². The fourth-order valence-corrected chi connectivity index (χ4v) is 4.57. The predicted molar refractivity (Wildman–Crippen MR) is 124 cm³/mol. The third-order valence-electron chi connectivity index (χ3n) is 5.31. The van der Waals surface area contributed by atoms with Crippen LogP contribution in [0.25, 0.3) is 22.3 Å². The van der Waals surface area contributed by atoms with Gasteiger partial charge in [-0.05, 0) is 62.6 Å². The van der Waals surface area contributed by atoms with Gasteiger partial charge in [0.2, 0.25) is 0 Å². The van der Waals surface area contributed by atoms with Crippen LogP contribution in [0.4, 0.5) is 5.00 Å². The molecular weight excluding hydrogens is 408 g/mol. The first kappa shape index (κ1) is 20.6. The highest BCUT2D eigenvalue weighted by atomic mass is 32.1. The number of rotatable bonds is 3. The van der Waals surface area contributed by atoms with Crippen molar-refractivity contribution >= 4 is 33.2 Å². The van der Waals surface area contributed by atoms with Crippen molar-refractivity contribution in [3.63, 3.8) is 0 Å². The second-order valence-electron chi connectivity index (χ2n) is 7.56. The monoisotopic (exact) mass is 428 g/mol. The van der Waals surface area contributed by atoms with Crippen molar-refractivity contribution in [2.75, 3.05) is 5.32 Å². The number of hydrogen-bond donors (Lipinski definition) is 1.